The van der Waals surface area contributed by atoms with E-state index < -0.39 is 16.1 Å². The number of aliphatic hydroxyl groups is 1. The summed E-state index contributed by atoms with van der Waals surface area (Å²) in [5.41, 5.74) is 1.14. The molecule has 0 bridgehead atoms. The van der Waals surface area contributed by atoms with Crippen LogP contribution in [0, 0.1) is 0 Å². The van der Waals surface area contributed by atoms with Gasteiger partial charge >= 0.3 is 0 Å². The van der Waals surface area contributed by atoms with Gasteiger partial charge in [0, 0.05) is 6.04 Å². The van der Waals surface area contributed by atoms with Crippen LogP contribution in [0.15, 0.2) is 29.2 Å². The summed E-state index contributed by atoms with van der Waals surface area (Å²) in [5.74, 6) is 0. The van der Waals surface area contributed by atoms with Gasteiger partial charge in [-0.1, -0.05) is 25.5 Å². The van der Waals surface area contributed by atoms with E-state index in [1.807, 2.05) is 12.1 Å². The van der Waals surface area contributed by atoms with Crippen LogP contribution in [0.5, 0.6) is 0 Å². The molecule has 0 aliphatic heterocycles. The highest BCUT2D eigenvalue weighted by molar-refractivity contribution is 7.89. The summed E-state index contributed by atoms with van der Waals surface area (Å²) in [5, 5.41) is 9.25. The Kier molecular flexibility index (Phi) is 5.97. The first-order valence-corrected chi connectivity index (χ1v) is 8.12. The molecule has 0 saturated heterocycles. The van der Waals surface area contributed by atoms with E-state index in [2.05, 4.69) is 11.6 Å². The molecule has 0 radical (unpaired) electrons. The third kappa shape index (κ3) is 5.30. The minimum atomic E-state index is -3.50. The van der Waals surface area contributed by atoms with Crippen molar-refractivity contribution in [3.05, 3.63) is 29.8 Å². The first-order chi connectivity index (χ1) is 8.85. The van der Waals surface area contributed by atoms with E-state index in [-0.39, 0.29) is 10.9 Å². The number of aliphatic hydroxyl groups excluding tert-OH is 1. The maximum atomic E-state index is 12.1. The molecule has 19 heavy (non-hydrogen) atoms. The van der Waals surface area contributed by atoms with Gasteiger partial charge in [-0.3, -0.25) is 0 Å². The molecule has 0 spiro atoms. The molecule has 0 fully saturated rings. The SMILES string of the molecule is CCCc1ccc(S(=O)(=O)NC(C)CC(C)O)cc1. The Morgan fingerprint density at radius 1 is 1.21 bits per heavy atom. The third-order valence-electron chi connectivity index (χ3n) is 2.82. The Balaban J connectivity index is 2.76. The van der Waals surface area contributed by atoms with Crippen LogP contribution in [0.1, 0.15) is 39.2 Å². The number of hydrogen-bond donors (Lipinski definition) is 2. The number of aryl methyl sites for hydroxylation is 1. The molecule has 0 aliphatic carbocycles. The summed E-state index contributed by atoms with van der Waals surface area (Å²) in [4.78, 5) is 0.268. The van der Waals surface area contributed by atoms with Gasteiger partial charge in [0.15, 0.2) is 0 Å². The molecule has 0 heterocycles. The lowest BCUT2D eigenvalue weighted by Crippen LogP contribution is -2.34. The Bertz CT molecular complexity index is 480. The molecule has 2 atom stereocenters. The number of sulfonamides is 1. The summed E-state index contributed by atoms with van der Waals surface area (Å²) in [6.07, 6.45) is 1.86. The second-order valence-electron chi connectivity index (χ2n) is 5.00. The fraction of sp³-hybridized carbons (Fsp3) is 0.571. The minimum Gasteiger partial charge on any atom is -0.393 e. The molecule has 108 valence electrons. The van der Waals surface area contributed by atoms with E-state index >= 15 is 0 Å². The third-order valence-corrected chi connectivity index (χ3v) is 4.43. The van der Waals surface area contributed by atoms with Gasteiger partial charge in [-0.15, -0.1) is 0 Å². The average Bonchev–Trinajstić information content (AvgIpc) is 2.28. The van der Waals surface area contributed by atoms with Crippen LogP contribution in [0.3, 0.4) is 0 Å². The molecular formula is C14H23NO3S. The lowest BCUT2D eigenvalue weighted by atomic mass is 10.1. The van der Waals surface area contributed by atoms with E-state index in [9.17, 15) is 13.5 Å². The number of rotatable bonds is 7. The van der Waals surface area contributed by atoms with Crippen molar-refractivity contribution in [1.29, 1.82) is 0 Å². The largest absolute Gasteiger partial charge is 0.393 e. The molecule has 2 unspecified atom stereocenters. The summed E-state index contributed by atoms with van der Waals surface area (Å²) in [6.45, 7) is 5.48. The number of nitrogens with one attached hydrogen (secondary N) is 1. The number of hydrogen-bond acceptors (Lipinski definition) is 3. The van der Waals surface area contributed by atoms with Crippen molar-refractivity contribution >= 4 is 10.0 Å². The topological polar surface area (TPSA) is 66.4 Å². The Hall–Kier alpha value is -0.910. The maximum absolute atomic E-state index is 12.1. The van der Waals surface area contributed by atoms with E-state index in [1.165, 1.54) is 0 Å². The van der Waals surface area contributed by atoms with Crippen molar-refractivity contribution in [3.63, 3.8) is 0 Å². The fourth-order valence-electron chi connectivity index (χ4n) is 2.02. The van der Waals surface area contributed by atoms with E-state index in [1.54, 1.807) is 26.0 Å². The zero-order chi connectivity index (χ0) is 14.5. The first-order valence-electron chi connectivity index (χ1n) is 6.64. The zero-order valence-electron chi connectivity index (χ0n) is 11.8. The van der Waals surface area contributed by atoms with Gasteiger partial charge in [-0.2, -0.15) is 0 Å². The molecule has 0 amide bonds. The predicted molar refractivity (Wildman–Crippen MR) is 76.5 cm³/mol. The van der Waals surface area contributed by atoms with Gasteiger partial charge in [-0.05, 0) is 44.4 Å². The summed E-state index contributed by atoms with van der Waals surface area (Å²) in [7, 11) is -3.50. The van der Waals surface area contributed by atoms with Gasteiger partial charge < -0.3 is 5.11 Å². The maximum Gasteiger partial charge on any atom is 0.240 e. The lowest BCUT2D eigenvalue weighted by Gasteiger charge is -2.15. The summed E-state index contributed by atoms with van der Waals surface area (Å²) < 4.78 is 26.8. The predicted octanol–water partition coefficient (Wildman–Crippen LogP) is 2.08. The van der Waals surface area contributed by atoms with Crippen molar-refractivity contribution in [2.24, 2.45) is 0 Å². The first kappa shape index (κ1) is 16.1. The highest BCUT2D eigenvalue weighted by atomic mass is 32.2. The van der Waals surface area contributed by atoms with Crippen LogP contribution in [-0.2, 0) is 16.4 Å². The second-order valence-corrected chi connectivity index (χ2v) is 6.71. The molecule has 1 aromatic carbocycles. The van der Waals surface area contributed by atoms with Crippen LogP contribution in [0.25, 0.3) is 0 Å². The lowest BCUT2D eigenvalue weighted by molar-refractivity contribution is 0.175. The van der Waals surface area contributed by atoms with Crippen LogP contribution in [0.4, 0.5) is 0 Å². The normalized spacial score (nSPS) is 15.2. The van der Waals surface area contributed by atoms with Crippen molar-refractivity contribution in [3.8, 4) is 0 Å². The molecule has 5 heteroatoms. The minimum absolute atomic E-state index is 0.268. The van der Waals surface area contributed by atoms with Crippen LogP contribution in [-0.4, -0.2) is 25.7 Å². The molecule has 0 saturated carbocycles. The smallest absolute Gasteiger partial charge is 0.240 e. The van der Waals surface area contributed by atoms with E-state index in [0.29, 0.717) is 6.42 Å². The number of benzene rings is 1. The van der Waals surface area contributed by atoms with E-state index in [4.69, 9.17) is 0 Å². The molecular weight excluding hydrogens is 262 g/mol. The van der Waals surface area contributed by atoms with Gasteiger partial charge in [-0.25, -0.2) is 13.1 Å². The highest BCUT2D eigenvalue weighted by Crippen LogP contribution is 2.13. The highest BCUT2D eigenvalue weighted by Gasteiger charge is 2.18. The van der Waals surface area contributed by atoms with Crippen molar-refractivity contribution in [2.75, 3.05) is 0 Å². The van der Waals surface area contributed by atoms with Gasteiger partial charge in [0.1, 0.15) is 0 Å². The van der Waals surface area contributed by atoms with Gasteiger partial charge in [0.05, 0.1) is 11.0 Å². The summed E-state index contributed by atoms with van der Waals surface area (Å²) in [6, 6.07) is 6.65. The zero-order valence-corrected chi connectivity index (χ0v) is 12.6. The monoisotopic (exact) mass is 285 g/mol. The quantitative estimate of drug-likeness (QED) is 0.806. The van der Waals surface area contributed by atoms with Crippen LogP contribution in [0.2, 0.25) is 0 Å². The van der Waals surface area contributed by atoms with Gasteiger partial charge in [0.2, 0.25) is 10.0 Å². The standard InChI is InChI=1S/C14H23NO3S/c1-4-5-13-6-8-14(9-7-13)19(17,18)15-11(2)10-12(3)16/h6-9,11-12,15-16H,4-5,10H2,1-3H3. The van der Waals surface area contributed by atoms with Gasteiger partial charge in [0.25, 0.3) is 0 Å². The Morgan fingerprint density at radius 2 is 1.79 bits per heavy atom. The molecule has 4 nitrogen and oxygen atoms in total. The Morgan fingerprint density at radius 3 is 2.26 bits per heavy atom. The molecule has 1 rings (SSSR count). The van der Waals surface area contributed by atoms with Crippen LogP contribution >= 0.6 is 0 Å². The fourth-order valence-corrected chi connectivity index (χ4v) is 3.27. The Labute approximate surface area is 115 Å². The molecule has 0 aliphatic rings. The van der Waals surface area contributed by atoms with Crippen molar-refractivity contribution in [2.45, 2.75) is 57.1 Å². The second kappa shape index (κ2) is 7.03. The summed E-state index contributed by atoms with van der Waals surface area (Å²) >= 11 is 0. The molecule has 0 aromatic heterocycles. The average molecular weight is 285 g/mol. The van der Waals surface area contributed by atoms with Crippen molar-refractivity contribution < 1.29 is 13.5 Å². The van der Waals surface area contributed by atoms with E-state index in [0.717, 1.165) is 18.4 Å². The van der Waals surface area contributed by atoms with Crippen molar-refractivity contribution in [1.82, 2.24) is 4.72 Å². The molecule has 1 aromatic rings. The van der Waals surface area contributed by atoms with Crippen LogP contribution < -0.4 is 4.72 Å². The molecule has 2 N–H and O–H groups in total.